The third kappa shape index (κ3) is 1.01. The molecule has 0 saturated heterocycles. The molecule has 1 aliphatic rings. The first kappa shape index (κ1) is 8.44. The van der Waals surface area contributed by atoms with Crippen molar-refractivity contribution in [3.8, 4) is 0 Å². The van der Waals surface area contributed by atoms with Gasteiger partial charge < -0.3 is 11.1 Å². The lowest BCUT2D eigenvalue weighted by molar-refractivity contribution is 0.103. The van der Waals surface area contributed by atoms with Crippen molar-refractivity contribution in [2.24, 2.45) is 5.73 Å². The number of carbonyl (C=O) groups excluding carboxylic acids is 1. The highest BCUT2D eigenvalue weighted by Crippen LogP contribution is 2.34. The van der Waals surface area contributed by atoms with E-state index >= 15 is 0 Å². The van der Waals surface area contributed by atoms with E-state index in [0.717, 1.165) is 27.6 Å². The van der Waals surface area contributed by atoms with Crippen molar-refractivity contribution in [1.82, 2.24) is 0 Å². The molecule has 0 bridgehead atoms. The van der Waals surface area contributed by atoms with Crippen LogP contribution in [0.1, 0.15) is 15.9 Å². The number of anilines is 1. The van der Waals surface area contributed by atoms with Gasteiger partial charge in [0.1, 0.15) is 0 Å². The molecule has 0 fully saturated rings. The highest BCUT2D eigenvalue weighted by Gasteiger charge is 2.21. The molecule has 15 heavy (non-hydrogen) atoms. The van der Waals surface area contributed by atoms with Gasteiger partial charge >= 0.3 is 0 Å². The van der Waals surface area contributed by atoms with Crippen molar-refractivity contribution in [2.45, 2.75) is 6.54 Å². The number of benzene rings is 2. The molecule has 0 radical (unpaired) electrons. The van der Waals surface area contributed by atoms with E-state index in [1.165, 1.54) is 0 Å². The van der Waals surface area contributed by atoms with Crippen molar-refractivity contribution in [1.29, 1.82) is 0 Å². The number of rotatable bonds is 1. The molecule has 0 spiro atoms. The zero-order valence-electron chi connectivity index (χ0n) is 8.08. The van der Waals surface area contributed by atoms with E-state index in [-0.39, 0.29) is 5.91 Å². The van der Waals surface area contributed by atoms with Gasteiger partial charge in [0.05, 0.1) is 0 Å². The Hall–Kier alpha value is -1.87. The van der Waals surface area contributed by atoms with Gasteiger partial charge in [-0.25, -0.2) is 0 Å². The zero-order chi connectivity index (χ0) is 10.4. The second-order valence-electron chi connectivity index (χ2n) is 3.66. The summed E-state index contributed by atoms with van der Waals surface area (Å²) in [6.07, 6.45) is 0. The Morgan fingerprint density at radius 1 is 1.20 bits per heavy atom. The van der Waals surface area contributed by atoms with Gasteiger partial charge in [0.2, 0.25) is 0 Å². The summed E-state index contributed by atoms with van der Waals surface area (Å²) in [5.74, 6) is -0.0234. The number of nitrogens with two attached hydrogens (primary N) is 1. The Morgan fingerprint density at radius 3 is 2.87 bits per heavy atom. The predicted octanol–water partition coefficient (Wildman–Crippen LogP) is 1.86. The second-order valence-corrected chi connectivity index (χ2v) is 3.66. The van der Waals surface area contributed by atoms with Gasteiger partial charge in [0.25, 0.3) is 5.91 Å². The highest BCUT2D eigenvalue weighted by atomic mass is 16.1. The van der Waals surface area contributed by atoms with E-state index in [1.807, 2.05) is 30.3 Å². The lowest BCUT2D eigenvalue weighted by Gasteiger charge is -2.04. The molecule has 3 heteroatoms. The molecule has 0 unspecified atom stereocenters. The quantitative estimate of drug-likeness (QED) is 0.734. The summed E-state index contributed by atoms with van der Waals surface area (Å²) in [4.78, 5) is 11.6. The fourth-order valence-corrected chi connectivity index (χ4v) is 2.13. The molecule has 3 nitrogen and oxygen atoms in total. The molecule has 0 aromatic heterocycles. The van der Waals surface area contributed by atoms with Crippen LogP contribution in [0.4, 0.5) is 5.69 Å². The zero-order valence-corrected chi connectivity index (χ0v) is 8.08. The van der Waals surface area contributed by atoms with Crippen LogP contribution < -0.4 is 11.1 Å². The number of amides is 1. The van der Waals surface area contributed by atoms with Crippen molar-refractivity contribution >= 4 is 22.4 Å². The van der Waals surface area contributed by atoms with Crippen LogP contribution in [0, 0.1) is 0 Å². The van der Waals surface area contributed by atoms with Crippen LogP contribution in [0.3, 0.4) is 0 Å². The first-order chi connectivity index (χ1) is 7.31. The Balaban J connectivity index is 2.50. The molecular weight excluding hydrogens is 188 g/mol. The van der Waals surface area contributed by atoms with Crippen LogP contribution in [0.2, 0.25) is 0 Å². The fraction of sp³-hybridized carbons (Fsp3) is 0.0833. The SMILES string of the molecule is NCc1ccc2c3c(cccc13)C(=O)N2. The summed E-state index contributed by atoms with van der Waals surface area (Å²) >= 11 is 0. The van der Waals surface area contributed by atoms with Crippen LogP contribution in [-0.4, -0.2) is 5.91 Å². The van der Waals surface area contributed by atoms with E-state index in [1.54, 1.807) is 0 Å². The fourth-order valence-electron chi connectivity index (χ4n) is 2.13. The molecule has 3 rings (SSSR count). The molecule has 3 N–H and O–H groups in total. The maximum absolute atomic E-state index is 11.6. The first-order valence-electron chi connectivity index (χ1n) is 4.87. The summed E-state index contributed by atoms with van der Waals surface area (Å²) in [6.45, 7) is 0.494. The molecule has 0 atom stereocenters. The number of hydrogen-bond acceptors (Lipinski definition) is 2. The van der Waals surface area contributed by atoms with Gasteiger partial charge in [0, 0.05) is 23.2 Å². The van der Waals surface area contributed by atoms with Crippen LogP contribution >= 0.6 is 0 Å². The molecule has 1 heterocycles. The normalized spacial score (nSPS) is 13.3. The first-order valence-corrected chi connectivity index (χ1v) is 4.87. The van der Waals surface area contributed by atoms with E-state index in [0.29, 0.717) is 6.54 Å². The van der Waals surface area contributed by atoms with Crippen molar-refractivity contribution in [2.75, 3.05) is 5.32 Å². The standard InChI is InChI=1S/C12H10N2O/c13-6-7-4-5-10-11-8(7)2-1-3-9(11)12(15)14-10/h1-5H,6,13H2,(H,14,15). The molecule has 1 amide bonds. The number of carbonyl (C=O) groups is 1. The van der Waals surface area contributed by atoms with Gasteiger partial charge in [-0.05, 0) is 23.1 Å². The van der Waals surface area contributed by atoms with Gasteiger partial charge in [-0.2, -0.15) is 0 Å². The number of hydrogen-bond donors (Lipinski definition) is 2. The molecule has 2 aromatic carbocycles. The van der Waals surface area contributed by atoms with Crippen molar-refractivity contribution < 1.29 is 4.79 Å². The van der Waals surface area contributed by atoms with Gasteiger partial charge in [-0.3, -0.25) is 4.79 Å². The predicted molar refractivity (Wildman–Crippen MR) is 59.8 cm³/mol. The molecule has 2 aromatic rings. The van der Waals surface area contributed by atoms with E-state index in [4.69, 9.17) is 5.73 Å². The van der Waals surface area contributed by atoms with Crippen molar-refractivity contribution in [3.05, 3.63) is 41.5 Å². The summed E-state index contributed by atoms with van der Waals surface area (Å²) < 4.78 is 0. The van der Waals surface area contributed by atoms with Gasteiger partial charge in [-0.15, -0.1) is 0 Å². The maximum atomic E-state index is 11.6. The molecule has 74 valence electrons. The highest BCUT2D eigenvalue weighted by molar-refractivity contribution is 6.24. The minimum Gasteiger partial charge on any atom is -0.326 e. The summed E-state index contributed by atoms with van der Waals surface area (Å²) in [5, 5.41) is 4.92. The third-order valence-corrected chi connectivity index (χ3v) is 2.84. The average molecular weight is 198 g/mol. The Kier molecular flexibility index (Phi) is 1.58. The Labute approximate surface area is 86.9 Å². The molecule has 0 saturated carbocycles. The monoisotopic (exact) mass is 198 g/mol. The van der Waals surface area contributed by atoms with Gasteiger partial charge in [0.15, 0.2) is 0 Å². The lowest BCUT2D eigenvalue weighted by Crippen LogP contribution is -2.03. The van der Waals surface area contributed by atoms with Crippen LogP contribution in [0.25, 0.3) is 10.8 Å². The minimum absolute atomic E-state index is 0.0234. The van der Waals surface area contributed by atoms with E-state index < -0.39 is 0 Å². The topological polar surface area (TPSA) is 55.1 Å². The van der Waals surface area contributed by atoms with Crippen LogP contribution in [0.5, 0.6) is 0 Å². The maximum Gasteiger partial charge on any atom is 0.256 e. The molecular formula is C12H10N2O. The van der Waals surface area contributed by atoms with E-state index in [9.17, 15) is 4.79 Å². The number of nitrogens with one attached hydrogen (secondary N) is 1. The van der Waals surface area contributed by atoms with Gasteiger partial charge in [-0.1, -0.05) is 18.2 Å². The lowest BCUT2D eigenvalue weighted by atomic mass is 10.0. The smallest absolute Gasteiger partial charge is 0.256 e. The molecule has 0 aliphatic carbocycles. The largest absolute Gasteiger partial charge is 0.326 e. The Morgan fingerprint density at radius 2 is 2.07 bits per heavy atom. The second kappa shape index (κ2) is 2.81. The van der Waals surface area contributed by atoms with E-state index in [2.05, 4.69) is 5.32 Å². The summed E-state index contributed by atoms with van der Waals surface area (Å²) in [6, 6.07) is 9.62. The summed E-state index contributed by atoms with van der Waals surface area (Å²) in [7, 11) is 0. The minimum atomic E-state index is -0.0234. The third-order valence-electron chi connectivity index (χ3n) is 2.84. The van der Waals surface area contributed by atoms with Crippen LogP contribution in [-0.2, 0) is 6.54 Å². The van der Waals surface area contributed by atoms with Crippen LogP contribution in [0.15, 0.2) is 30.3 Å². The molecule has 1 aliphatic heterocycles. The Bertz CT molecular complexity index is 575. The average Bonchev–Trinajstić information content (AvgIpc) is 2.59. The van der Waals surface area contributed by atoms with Crippen molar-refractivity contribution in [3.63, 3.8) is 0 Å². The summed E-state index contributed by atoms with van der Waals surface area (Å²) in [5.41, 5.74) is 8.38.